The van der Waals surface area contributed by atoms with Gasteiger partial charge in [-0.25, -0.2) is 9.48 Å². The minimum atomic E-state index is -0.370. The lowest BCUT2D eigenvalue weighted by Gasteiger charge is -2.31. The first-order chi connectivity index (χ1) is 9.76. The molecule has 1 aliphatic heterocycles. The van der Waals surface area contributed by atoms with Crippen LogP contribution in [-0.2, 0) is 11.3 Å². The van der Waals surface area contributed by atoms with Gasteiger partial charge in [-0.3, -0.25) is 4.90 Å². The highest BCUT2D eigenvalue weighted by atomic mass is 16.6. The fraction of sp³-hybridized carbons (Fsp3) is 0.667. The summed E-state index contributed by atoms with van der Waals surface area (Å²) >= 11 is 0. The van der Waals surface area contributed by atoms with Crippen LogP contribution >= 0.6 is 0 Å². The number of aromatic nitrogens is 2. The number of unbranched alkanes of at least 4 members (excludes halogenated alkanes) is 1. The summed E-state index contributed by atoms with van der Waals surface area (Å²) in [7, 11) is 0. The predicted octanol–water partition coefficient (Wildman–Crippen LogP) is 2.57. The Bertz CT molecular complexity index is 508. The molecule has 1 aliphatic rings. The Balaban J connectivity index is 2.06. The Labute approximate surface area is 116 Å². The van der Waals surface area contributed by atoms with E-state index in [1.54, 1.807) is 21.8 Å². The van der Waals surface area contributed by atoms with Crippen molar-refractivity contribution >= 4 is 11.9 Å². The topological polar surface area (TPSA) is 96.1 Å². The number of rotatable bonds is 5. The molecule has 0 bridgehead atoms. The summed E-state index contributed by atoms with van der Waals surface area (Å²) in [6, 6.07) is 1.78. The summed E-state index contributed by atoms with van der Waals surface area (Å²) < 4.78 is 6.98. The Morgan fingerprint density at radius 2 is 2.50 bits per heavy atom. The number of carbonyl (C=O) groups excluding carboxylic acids is 1. The van der Waals surface area contributed by atoms with E-state index in [9.17, 15) is 4.79 Å². The molecule has 2 heterocycles. The Morgan fingerprint density at radius 1 is 1.65 bits per heavy atom. The highest BCUT2D eigenvalue weighted by Gasteiger charge is 2.29. The van der Waals surface area contributed by atoms with Gasteiger partial charge in [0.1, 0.15) is 5.82 Å². The SMILES string of the molecule is CCCCOC(=O)N1CC(CN=[N+]=[N-])Cn2nccc21. The molecule has 2 rings (SSSR count). The zero-order valence-electron chi connectivity index (χ0n) is 11.5. The first-order valence-corrected chi connectivity index (χ1v) is 6.73. The van der Waals surface area contributed by atoms with Crippen LogP contribution in [0.3, 0.4) is 0 Å². The van der Waals surface area contributed by atoms with Crippen LogP contribution in [0.2, 0.25) is 0 Å². The lowest BCUT2D eigenvalue weighted by molar-refractivity contribution is 0.148. The molecule has 8 nitrogen and oxygen atoms in total. The van der Waals surface area contributed by atoms with Gasteiger partial charge in [-0.2, -0.15) is 5.10 Å². The molecule has 108 valence electrons. The molecule has 0 radical (unpaired) electrons. The first-order valence-electron chi connectivity index (χ1n) is 6.73. The van der Waals surface area contributed by atoms with Crippen LogP contribution in [0.1, 0.15) is 19.8 Å². The summed E-state index contributed by atoms with van der Waals surface area (Å²) in [5.74, 6) is 0.778. The highest BCUT2D eigenvalue weighted by molar-refractivity contribution is 5.86. The van der Waals surface area contributed by atoms with Gasteiger partial charge in [0.2, 0.25) is 0 Å². The molecule has 0 saturated heterocycles. The minimum Gasteiger partial charge on any atom is -0.449 e. The number of hydrogen-bond acceptors (Lipinski definition) is 4. The molecule has 20 heavy (non-hydrogen) atoms. The molecule has 0 fully saturated rings. The maximum absolute atomic E-state index is 12.1. The monoisotopic (exact) mass is 278 g/mol. The van der Waals surface area contributed by atoms with Gasteiger partial charge in [0.25, 0.3) is 0 Å². The molecule has 0 spiro atoms. The maximum atomic E-state index is 12.1. The van der Waals surface area contributed by atoms with Crippen LogP contribution in [0.5, 0.6) is 0 Å². The number of hydrogen-bond donors (Lipinski definition) is 0. The number of carbonyl (C=O) groups is 1. The van der Waals surface area contributed by atoms with Crippen molar-refractivity contribution in [3.05, 3.63) is 22.7 Å². The van der Waals surface area contributed by atoms with E-state index in [0.717, 1.165) is 18.7 Å². The van der Waals surface area contributed by atoms with E-state index in [1.807, 2.05) is 6.92 Å². The average molecular weight is 278 g/mol. The zero-order chi connectivity index (χ0) is 14.4. The number of amides is 1. The van der Waals surface area contributed by atoms with Gasteiger partial charge in [0, 0.05) is 36.5 Å². The highest BCUT2D eigenvalue weighted by Crippen LogP contribution is 2.24. The third-order valence-electron chi connectivity index (χ3n) is 3.19. The Hall–Kier alpha value is -2.21. The van der Waals surface area contributed by atoms with Crippen LogP contribution in [0, 0.1) is 5.92 Å². The fourth-order valence-electron chi connectivity index (χ4n) is 2.17. The fourth-order valence-corrected chi connectivity index (χ4v) is 2.17. The summed E-state index contributed by atoms with van der Waals surface area (Å²) in [6.07, 6.45) is 3.11. The lowest BCUT2D eigenvalue weighted by Crippen LogP contribution is -2.43. The van der Waals surface area contributed by atoms with Crippen molar-refractivity contribution in [1.29, 1.82) is 0 Å². The number of ether oxygens (including phenoxy) is 1. The van der Waals surface area contributed by atoms with Crippen molar-refractivity contribution in [3.63, 3.8) is 0 Å². The Kier molecular flexibility index (Phi) is 4.84. The molecule has 0 saturated carbocycles. The normalized spacial score (nSPS) is 17.2. The van der Waals surface area contributed by atoms with Crippen LogP contribution < -0.4 is 4.90 Å². The van der Waals surface area contributed by atoms with Gasteiger partial charge in [0.05, 0.1) is 12.8 Å². The Morgan fingerprint density at radius 3 is 3.25 bits per heavy atom. The van der Waals surface area contributed by atoms with Crippen molar-refractivity contribution in [3.8, 4) is 0 Å². The second-order valence-electron chi connectivity index (χ2n) is 4.73. The summed E-state index contributed by atoms with van der Waals surface area (Å²) in [5.41, 5.74) is 8.40. The van der Waals surface area contributed by atoms with Gasteiger partial charge in [-0.15, -0.1) is 0 Å². The smallest absolute Gasteiger partial charge is 0.415 e. The molecule has 1 unspecified atom stereocenters. The minimum absolute atomic E-state index is 0.0528. The van der Waals surface area contributed by atoms with E-state index >= 15 is 0 Å². The summed E-state index contributed by atoms with van der Waals surface area (Å²) in [4.78, 5) is 16.4. The molecule has 0 aromatic carbocycles. The van der Waals surface area contributed by atoms with Gasteiger partial charge in [0.15, 0.2) is 0 Å². The predicted molar refractivity (Wildman–Crippen MR) is 73.3 cm³/mol. The molecule has 1 aromatic rings. The lowest BCUT2D eigenvalue weighted by atomic mass is 10.1. The van der Waals surface area contributed by atoms with Gasteiger partial charge >= 0.3 is 6.09 Å². The number of fused-ring (bicyclic) bond motifs is 1. The quantitative estimate of drug-likeness (QED) is 0.358. The molecule has 0 N–H and O–H groups in total. The number of azide groups is 1. The van der Waals surface area contributed by atoms with E-state index in [1.165, 1.54) is 0 Å². The molecule has 0 aliphatic carbocycles. The van der Waals surface area contributed by atoms with E-state index in [2.05, 4.69) is 15.1 Å². The third kappa shape index (κ3) is 3.21. The van der Waals surface area contributed by atoms with Crippen LogP contribution in [0.4, 0.5) is 10.6 Å². The van der Waals surface area contributed by atoms with E-state index < -0.39 is 0 Å². The average Bonchev–Trinajstić information content (AvgIpc) is 2.92. The van der Waals surface area contributed by atoms with Crippen molar-refractivity contribution < 1.29 is 9.53 Å². The van der Waals surface area contributed by atoms with Crippen LogP contribution in [0.25, 0.3) is 10.4 Å². The van der Waals surface area contributed by atoms with Gasteiger partial charge in [-0.05, 0) is 12.0 Å². The van der Waals surface area contributed by atoms with Crippen LogP contribution in [-0.4, -0.2) is 35.6 Å². The van der Waals surface area contributed by atoms with Crippen molar-refractivity contribution in [2.75, 3.05) is 24.6 Å². The van der Waals surface area contributed by atoms with E-state index in [0.29, 0.717) is 26.2 Å². The molecule has 1 amide bonds. The van der Waals surface area contributed by atoms with Crippen molar-refractivity contribution in [2.45, 2.75) is 26.3 Å². The summed E-state index contributed by atoms with van der Waals surface area (Å²) in [5, 5.41) is 7.76. The van der Waals surface area contributed by atoms with Crippen molar-refractivity contribution in [2.24, 2.45) is 11.0 Å². The molecule has 1 aromatic heterocycles. The van der Waals surface area contributed by atoms with Crippen LogP contribution in [0.15, 0.2) is 17.4 Å². The maximum Gasteiger partial charge on any atom is 0.415 e. The molecular weight excluding hydrogens is 260 g/mol. The molecule has 8 heteroatoms. The first kappa shape index (κ1) is 14.2. The zero-order valence-corrected chi connectivity index (χ0v) is 11.5. The standard InChI is InChI=1S/C12H18N6O2/c1-2-3-6-20-12(19)17-8-10(7-14-16-13)9-18-11(17)4-5-15-18/h4-5,10H,2-3,6-9H2,1H3. The second-order valence-corrected chi connectivity index (χ2v) is 4.73. The molecular formula is C12H18N6O2. The van der Waals surface area contributed by atoms with Gasteiger partial charge in [-0.1, -0.05) is 18.5 Å². The number of anilines is 1. The number of nitrogens with zero attached hydrogens (tertiary/aromatic N) is 6. The summed E-state index contributed by atoms with van der Waals surface area (Å²) in [6.45, 7) is 3.92. The third-order valence-corrected chi connectivity index (χ3v) is 3.19. The van der Waals surface area contributed by atoms with Gasteiger partial charge < -0.3 is 4.74 Å². The van der Waals surface area contributed by atoms with E-state index in [4.69, 9.17) is 10.3 Å². The largest absolute Gasteiger partial charge is 0.449 e. The second kappa shape index (κ2) is 6.81. The van der Waals surface area contributed by atoms with E-state index in [-0.39, 0.29) is 12.0 Å². The van der Waals surface area contributed by atoms with Crippen molar-refractivity contribution in [1.82, 2.24) is 9.78 Å². The molecule has 1 atom stereocenters.